The molecule has 0 saturated carbocycles. The zero-order chi connectivity index (χ0) is 11.6. The van der Waals surface area contributed by atoms with E-state index in [1.165, 1.54) is 38.5 Å². The number of halogens is 2. The third kappa shape index (κ3) is 10.8. The molecule has 0 amide bonds. The lowest BCUT2D eigenvalue weighted by Gasteiger charge is -2.13. The van der Waals surface area contributed by atoms with Crippen LogP contribution in [-0.4, -0.2) is 6.69 Å². The summed E-state index contributed by atoms with van der Waals surface area (Å²) in [7, 11) is 0. The van der Waals surface area contributed by atoms with Gasteiger partial charge in [-0.1, -0.05) is 45.1 Å². The van der Waals surface area contributed by atoms with Gasteiger partial charge in [-0.2, -0.15) is 0 Å². The van der Waals surface area contributed by atoms with Gasteiger partial charge in [0, 0.05) is 0 Å². The first-order valence-corrected chi connectivity index (χ1v) is 10.5. The van der Waals surface area contributed by atoms with Crippen LogP contribution in [0.25, 0.3) is 0 Å². The van der Waals surface area contributed by atoms with Crippen molar-refractivity contribution in [2.45, 2.75) is 64.0 Å². The molecule has 0 rings (SSSR count). The lowest BCUT2D eigenvalue weighted by Crippen LogP contribution is -2.16. The number of allylic oxidation sites excluding steroid dienone is 1. The first kappa shape index (κ1) is 15.5. The molecule has 0 atom stereocenters. The first-order valence-electron chi connectivity index (χ1n) is 6.11. The predicted molar refractivity (Wildman–Crippen MR) is 75.3 cm³/mol. The molecule has 0 heterocycles. The fraction of sp³-hybridized carbons (Fsp3) is 0.833. The minimum absolute atomic E-state index is 0.982. The van der Waals surface area contributed by atoms with Gasteiger partial charge in [0.05, 0.1) is 0 Å². The van der Waals surface area contributed by atoms with Crippen molar-refractivity contribution in [3.8, 4) is 0 Å². The largest absolute Gasteiger partial charge is 0.251 e. The second-order valence-corrected chi connectivity index (χ2v) is 12.0. The Balaban J connectivity index is 3.14. The van der Waals surface area contributed by atoms with Gasteiger partial charge in [0.25, 0.3) is 6.69 Å². The van der Waals surface area contributed by atoms with Crippen LogP contribution in [0.15, 0.2) is 12.7 Å². The van der Waals surface area contributed by atoms with Crippen LogP contribution >= 0.6 is 22.2 Å². The Labute approximate surface area is 105 Å². The van der Waals surface area contributed by atoms with Gasteiger partial charge in [0.1, 0.15) is 0 Å². The van der Waals surface area contributed by atoms with Gasteiger partial charge in [-0.25, -0.2) is 0 Å². The lowest BCUT2D eigenvalue weighted by molar-refractivity contribution is 0.610. The maximum absolute atomic E-state index is 6.20. The van der Waals surface area contributed by atoms with Crippen molar-refractivity contribution >= 4 is 28.9 Å². The van der Waals surface area contributed by atoms with Crippen LogP contribution in [0.1, 0.15) is 51.9 Å². The molecule has 0 aliphatic heterocycles. The van der Waals surface area contributed by atoms with Crippen LogP contribution in [-0.2, 0) is 0 Å². The van der Waals surface area contributed by atoms with Gasteiger partial charge >= 0.3 is 0 Å². The molecule has 3 heteroatoms. The number of hydrogen-bond acceptors (Lipinski definition) is 0. The number of hydrogen-bond donors (Lipinski definition) is 0. The summed E-state index contributed by atoms with van der Waals surface area (Å²) >= 11 is 12.4. The molecular formula is C12H24Cl2Si. The lowest BCUT2D eigenvalue weighted by atomic mass is 10.1. The summed E-state index contributed by atoms with van der Waals surface area (Å²) in [6.07, 6.45) is 11.0. The molecule has 0 fully saturated rings. The highest BCUT2D eigenvalue weighted by molar-refractivity contribution is 7.45. The normalized spacial score (nSPS) is 11.7. The van der Waals surface area contributed by atoms with E-state index in [1.54, 1.807) is 0 Å². The van der Waals surface area contributed by atoms with E-state index in [1.807, 2.05) is 6.08 Å². The molecule has 0 aromatic rings. The monoisotopic (exact) mass is 266 g/mol. The van der Waals surface area contributed by atoms with Crippen molar-refractivity contribution in [3.05, 3.63) is 12.7 Å². The van der Waals surface area contributed by atoms with Crippen LogP contribution in [0.3, 0.4) is 0 Å². The second kappa shape index (κ2) is 9.74. The molecule has 0 aromatic carbocycles. The summed E-state index contributed by atoms with van der Waals surface area (Å²) < 4.78 is 0. The highest BCUT2D eigenvalue weighted by atomic mass is 35.7. The highest BCUT2D eigenvalue weighted by Crippen LogP contribution is 2.27. The van der Waals surface area contributed by atoms with E-state index in [2.05, 4.69) is 13.5 Å². The average Bonchev–Trinajstić information content (AvgIpc) is 2.22. The fourth-order valence-electron chi connectivity index (χ4n) is 1.56. The minimum Gasteiger partial charge on any atom is -0.146 e. The number of unbranched alkanes of at least 4 members (excludes halogenated alkanes) is 6. The predicted octanol–water partition coefficient (Wildman–Crippen LogP) is 5.84. The quantitative estimate of drug-likeness (QED) is 0.202. The summed E-state index contributed by atoms with van der Waals surface area (Å²) in [6, 6.07) is 2.05. The molecule has 0 unspecified atom stereocenters. The molecule has 0 radical (unpaired) electrons. The Morgan fingerprint density at radius 1 is 1.00 bits per heavy atom. The van der Waals surface area contributed by atoms with Gasteiger partial charge in [0.2, 0.25) is 0 Å². The SMILES string of the molecule is C=CCCCCCCCC[Si](Cl)(Cl)CC. The van der Waals surface area contributed by atoms with Crippen LogP contribution in [0, 0.1) is 0 Å². The van der Waals surface area contributed by atoms with Crippen molar-refractivity contribution in [2.24, 2.45) is 0 Å². The van der Waals surface area contributed by atoms with E-state index in [4.69, 9.17) is 22.2 Å². The molecular weight excluding hydrogens is 243 g/mol. The van der Waals surface area contributed by atoms with Gasteiger partial charge in [0.15, 0.2) is 0 Å². The van der Waals surface area contributed by atoms with Crippen LogP contribution in [0.5, 0.6) is 0 Å². The Morgan fingerprint density at radius 3 is 2.07 bits per heavy atom. The van der Waals surface area contributed by atoms with E-state index in [9.17, 15) is 0 Å². The Kier molecular flexibility index (Phi) is 10.1. The van der Waals surface area contributed by atoms with Crippen molar-refractivity contribution in [1.82, 2.24) is 0 Å². The summed E-state index contributed by atoms with van der Waals surface area (Å²) in [5, 5.41) is 0. The molecule has 90 valence electrons. The molecule has 0 spiro atoms. The molecule has 0 aromatic heterocycles. The maximum atomic E-state index is 6.20. The van der Waals surface area contributed by atoms with E-state index in [0.717, 1.165) is 18.5 Å². The summed E-state index contributed by atoms with van der Waals surface area (Å²) in [6.45, 7) is 3.99. The molecule has 0 bridgehead atoms. The number of rotatable bonds is 10. The van der Waals surface area contributed by atoms with Crippen molar-refractivity contribution in [2.75, 3.05) is 0 Å². The van der Waals surface area contributed by atoms with Gasteiger partial charge in [-0.05, 0) is 24.9 Å². The Hall–Kier alpha value is 0.537. The molecule has 0 aliphatic carbocycles. The topological polar surface area (TPSA) is 0 Å². The van der Waals surface area contributed by atoms with Gasteiger partial charge < -0.3 is 0 Å². The van der Waals surface area contributed by atoms with Crippen molar-refractivity contribution < 1.29 is 0 Å². The third-order valence-corrected chi connectivity index (χ3v) is 7.58. The van der Waals surface area contributed by atoms with E-state index in [-0.39, 0.29) is 0 Å². The van der Waals surface area contributed by atoms with E-state index in [0.29, 0.717) is 0 Å². The van der Waals surface area contributed by atoms with Crippen molar-refractivity contribution in [1.29, 1.82) is 0 Å². The maximum Gasteiger partial charge on any atom is 0.251 e. The smallest absolute Gasteiger partial charge is 0.146 e. The van der Waals surface area contributed by atoms with Crippen molar-refractivity contribution in [3.63, 3.8) is 0 Å². The molecule has 0 saturated heterocycles. The zero-order valence-electron chi connectivity index (χ0n) is 9.90. The second-order valence-electron chi connectivity index (χ2n) is 4.16. The van der Waals surface area contributed by atoms with Crippen LogP contribution in [0.2, 0.25) is 12.1 Å². The Morgan fingerprint density at radius 2 is 1.53 bits per heavy atom. The summed E-state index contributed by atoms with van der Waals surface area (Å²) in [4.78, 5) is 0. The average molecular weight is 267 g/mol. The molecule has 0 nitrogen and oxygen atoms in total. The van der Waals surface area contributed by atoms with Gasteiger partial charge in [-0.15, -0.1) is 28.7 Å². The molecule has 15 heavy (non-hydrogen) atoms. The van der Waals surface area contributed by atoms with E-state index >= 15 is 0 Å². The summed E-state index contributed by atoms with van der Waals surface area (Å²) in [5.74, 6) is 0. The van der Waals surface area contributed by atoms with Gasteiger partial charge in [-0.3, -0.25) is 0 Å². The third-order valence-electron chi connectivity index (χ3n) is 2.72. The summed E-state index contributed by atoms with van der Waals surface area (Å²) in [5.41, 5.74) is 0. The first-order chi connectivity index (χ1) is 7.12. The van der Waals surface area contributed by atoms with E-state index < -0.39 is 6.69 Å². The minimum atomic E-state index is -1.83. The fourth-order valence-corrected chi connectivity index (χ4v) is 3.48. The van der Waals surface area contributed by atoms with Crippen LogP contribution < -0.4 is 0 Å². The standard InChI is InChI=1S/C12H24Cl2Si/c1-3-5-6-7-8-9-10-11-12-15(13,14)4-2/h3H,1,4-12H2,2H3. The Bertz CT molecular complexity index is 158. The van der Waals surface area contributed by atoms with Crippen LogP contribution in [0.4, 0.5) is 0 Å². The highest BCUT2D eigenvalue weighted by Gasteiger charge is 2.24. The molecule has 0 aliphatic rings. The zero-order valence-corrected chi connectivity index (χ0v) is 12.4. The molecule has 0 N–H and O–H groups in total.